The van der Waals surface area contributed by atoms with Crippen LogP contribution in [0.3, 0.4) is 0 Å². The first-order valence-electron chi connectivity index (χ1n) is 10.6. The summed E-state index contributed by atoms with van der Waals surface area (Å²) in [4.78, 5) is 0. The van der Waals surface area contributed by atoms with E-state index in [-0.39, 0.29) is 0 Å². The molecule has 4 aromatic carbocycles. The second-order valence-corrected chi connectivity index (χ2v) is 7.44. The van der Waals surface area contributed by atoms with Gasteiger partial charge in [-0.15, -0.1) is 0 Å². The lowest BCUT2D eigenvalue weighted by Gasteiger charge is -2.14. The number of ether oxygens (including phenoxy) is 2. The first kappa shape index (κ1) is 21.2. The van der Waals surface area contributed by atoms with Gasteiger partial charge in [0.15, 0.2) is 11.5 Å². The van der Waals surface area contributed by atoms with Gasteiger partial charge in [0, 0.05) is 0 Å². The second-order valence-electron chi connectivity index (χ2n) is 7.44. The van der Waals surface area contributed by atoms with Gasteiger partial charge in [0.2, 0.25) is 0 Å². The van der Waals surface area contributed by atoms with Gasteiger partial charge in [0.1, 0.15) is 13.2 Å². The molecule has 1 N–H and O–H groups in total. The Morgan fingerprint density at radius 3 is 1.94 bits per heavy atom. The number of para-hydroxylation sites is 1. The van der Waals surface area contributed by atoms with Crippen LogP contribution >= 0.6 is 0 Å². The Morgan fingerprint density at radius 1 is 0.688 bits per heavy atom. The Balaban J connectivity index is 1.49. The zero-order valence-corrected chi connectivity index (χ0v) is 18.1. The van der Waals surface area contributed by atoms with E-state index >= 15 is 0 Å². The molecule has 0 aliphatic carbocycles. The Morgan fingerprint density at radius 2 is 1.28 bits per heavy atom. The number of rotatable bonds is 9. The fourth-order valence-corrected chi connectivity index (χ4v) is 3.18. The standard InChI is InChI=1S/C28H26N2O2/c1-22-10-8-9-15-26(22)30-29-19-25-16-17-27(31-20-23-11-4-2-5-12-23)28(18-25)32-21-24-13-6-3-7-14-24/h2-19,30H,20-21H2,1H3. The minimum atomic E-state index is 0.463. The molecule has 4 heteroatoms. The molecule has 0 aromatic heterocycles. The van der Waals surface area contributed by atoms with Crippen LogP contribution < -0.4 is 14.9 Å². The molecule has 0 amide bonds. The highest BCUT2D eigenvalue weighted by Crippen LogP contribution is 2.30. The van der Waals surface area contributed by atoms with Gasteiger partial charge >= 0.3 is 0 Å². The summed E-state index contributed by atoms with van der Waals surface area (Å²) in [5.74, 6) is 1.39. The Labute approximate surface area is 189 Å². The highest BCUT2D eigenvalue weighted by molar-refractivity contribution is 5.81. The summed E-state index contributed by atoms with van der Waals surface area (Å²) < 4.78 is 12.2. The third-order valence-corrected chi connectivity index (χ3v) is 4.99. The quantitative estimate of drug-likeness (QED) is 0.244. The molecule has 0 saturated heterocycles. The van der Waals surface area contributed by atoms with Crippen LogP contribution in [-0.4, -0.2) is 6.21 Å². The minimum absolute atomic E-state index is 0.463. The summed E-state index contributed by atoms with van der Waals surface area (Å²) in [5, 5.41) is 4.38. The molecular formula is C28H26N2O2. The van der Waals surface area contributed by atoms with Crippen molar-refractivity contribution >= 4 is 11.9 Å². The minimum Gasteiger partial charge on any atom is -0.485 e. The number of nitrogens with zero attached hydrogens (tertiary/aromatic N) is 1. The van der Waals surface area contributed by atoms with Crippen LogP contribution in [0.1, 0.15) is 22.3 Å². The Bertz CT molecular complexity index is 1160. The van der Waals surface area contributed by atoms with Crippen molar-refractivity contribution in [2.75, 3.05) is 5.43 Å². The second kappa shape index (κ2) is 10.8. The topological polar surface area (TPSA) is 42.9 Å². The zero-order valence-electron chi connectivity index (χ0n) is 18.1. The molecule has 0 heterocycles. The van der Waals surface area contributed by atoms with Crippen molar-refractivity contribution < 1.29 is 9.47 Å². The summed E-state index contributed by atoms with van der Waals surface area (Å²) in [6.45, 7) is 2.99. The maximum Gasteiger partial charge on any atom is 0.162 e. The van der Waals surface area contributed by atoms with Crippen molar-refractivity contribution in [1.82, 2.24) is 0 Å². The highest BCUT2D eigenvalue weighted by Gasteiger charge is 2.08. The molecule has 0 saturated carbocycles. The van der Waals surface area contributed by atoms with E-state index < -0.39 is 0 Å². The zero-order chi connectivity index (χ0) is 22.0. The van der Waals surface area contributed by atoms with E-state index in [0.29, 0.717) is 24.7 Å². The fraction of sp³-hybridized carbons (Fsp3) is 0.107. The first-order valence-corrected chi connectivity index (χ1v) is 10.6. The van der Waals surface area contributed by atoms with Crippen LogP contribution in [0.2, 0.25) is 0 Å². The summed E-state index contributed by atoms with van der Waals surface area (Å²) in [7, 11) is 0. The summed E-state index contributed by atoms with van der Waals surface area (Å²) in [5.41, 5.74) is 8.34. The van der Waals surface area contributed by atoms with Gasteiger partial charge in [-0.25, -0.2) is 0 Å². The van der Waals surface area contributed by atoms with Crippen LogP contribution in [0.15, 0.2) is 108 Å². The smallest absolute Gasteiger partial charge is 0.162 e. The molecule has 0 aliphatic heterocycles. The molecule has 0 atom stereocenters. The SMILES string of the molecule is Cc1ccccc1NN=Cc1ccc(OCc2ccccc2)c(OCc2ccccc2)c1. The lowest BCUT2D eigenvalue weighted by atomic mass is 10.2. The number of hydrazone groups is 1. The molecule has 4 rings (SSSR count). The van der Waals surface area contributed by atoms with E-state index in [1.807, 2.05) is 110 Å². The normalized spacial score (nSPS) is 10.8. The molecule has 0 aliphatic rings. The number of aryl methyl sites for hydroxylation is 1. The van der Waals surface area contributed by atoms with Crippen molar-refractivity contribution in [3.8, 4) is 11.5 Å². The molecule has 0 spiro atoms. The molecule has 32 heavy (non-hydrogen) atoms. The van der Waals surface area contributed by atoms with Crippen molar-refractivity contribution in [3.05, 3.63) is 125 Å². The Hall–Kier alpha value is -4.05. The van der Waals surface area contributed by atoms with E-state index in [0.717, 1.165) is 27.9 Å². The summed E-state index contributed by atoms with van der Waals surface area (Å²) >= 11 is 0. The van der Waals surface area contributed by atoms with Crippen molar-refractivity contribution in [1.29, 1.82) is 0 Å². The van der Waals surface area contributed by atoms with Crippen LogP contribution in [-0.2, 0) is 13.2 Å². The lowest BCUT2D eigenvalue weighted by Crippen LogP contribution is -2.01. The average Bonchev–Trinajstić information content (AvgIpc) is 2.84. The van der Waals surface area contributed by atoms with Crippen molar-refractivity contribution in [2.24, 2.45) is 5.10 Å². The highest BCUT2D eigenvalue weighted by atomic mass is 16.5. The van der Waals surface area contributed by atoms with Gasteiger partial charge < -0.3 is 9.47 Å². The van der Waals surface area contributed by atoms with Crippen LogP contribution in [0.5, 0.6) is 11.5 Å². The molecule has 0 fully saturated rings. The molecular weight excluding hydrogens is 396 g/mol. The summed E-state index contributed by atoms with van der Waals surface area (Å²) in [6.07, 6.45) is 1.78. The van der Waals surface area contributed by atoms with Gasteiger partial charge in [-0.05, 0) is 53.4 Å². The number of anilines is 1. The van der Waals surface area contributed by atoms with E-state index in [2.05, 4.69) is 10.5 Å². The van der Waals surface area contributed by atoms with Gasteiger partial charge in [0.05, 0.1) is 11.9 Å². The molecule has 4 nitrogen and oxygen atoms in total. The van der Waals surface area contributed by atoms with Gasteiger partial charge in [-0.1, -0.05) is 78.9 Å². The van der Waals surface area contributed by atoms with Crippen LogP contribution in [0.25, 0.3) is 0 Å². The monoisotopic (exact) mass is 422 g/mol. The van der Waals surface area contributed by atoms with Crippen LogP contribution in [0.4, 0.5) is 5.69 Å². The summed E-state index contributed by atoms with van der Waals surface area (Å²) in [6, 6.07) is 34.1. The van der Waals surface area contributed by atoms with Gasteiger partial charge in [0.25, 0.3) is 0 Å². The number of benzene rings is 4. The largest absolute Gasteiger partial charge is 0.485 e. The number of hydrogen-bond donors (Lipinski definition) is 1. The van der Waals surface area contributed by atoms with E-state index in [9.17, 15) is 0 Å². The van der Waals surface area contributed by atoms with Crippen molar-refractivity contribution in [2.45, 2.75) is 20.1 Å². The molecule has 0 unspecified atom stereocenters. The van der Waals surface area contributed by atoms with E-state index in [1.165, 1.54) is 0 Å². The third kappa shape index (κ3) is 5.99. The maximum absolute atomic E-state index is 6.13. The predicted molar refractivity (Wildman–Crippen MR) is 130 cm³/mol. The third-order valence-electron chi connectivity index (χ3n) is 4.99. The molecule has 0 bridgehead atoms. The van der Waals surface area contributed by atoms with Crippen LogP contribution in [0, 0.1) is 6.92 Å². The maximum atomic E-state index is 6.13. The molecule has 0 radical (unpaired) electrons. The van der Waals surface area contributed by atoms with E-state index in [4.69, 9.17) is 9.47 Å². The lowest BCUT2D eigenvalue weighted by molar-refractivity contribution is 0.256. The van der Waals surface area contributed by atoms with Crippen molar-refractivity contribution in [3.63, 3.8) is 0 Å². The predicted octanol–water partition coefficient (Wildman–Crippen LogP) is 6.60. The average molecular weight is 423 g/mol. The fourth-order valence-electron chi connectivity index (χ4n) is 3.18. The Kier molecular flexibility index (Phi) is 7.17. The van der Waals surface area contributed by atoms with Gasteiger partial charge in [-0.2, -0.15) is 5.10 Å². The number of hydrogen-bond acceptors (Lipinski definition) is 4. The first-order chi connectivity index (χ1) is 15.8. The van der Waals surface area contributed by atoms with E-state index in [1.54, 1.807) is 6.21 Å². The van der Waals surface area contributed by atoms with Gasteiger partial charge in [-0.3, -0.25) is 5.43 Å². The molecule has 4 aromatic rings. The molecule has 160 valence electrons. The number of nitrogens with one attached hydrogen (secondary N) is 1.